The zero-order valence-electron chi connectivity index (χ0n) is 9.54. The molecule has 0 aliphatic heterocycles. The molecular formula is C11H13NO4S. The molecule has 92 valence electrons. The normalized spacial score (nSPS) is 12.1. The van der Waals surface area contributed by atoms with Crippen molar-refractivity contribution in [2.45, 2.75) is 30.4 Å². The van der Waals surface area contributed by atoms with Gasteiger partial charge >= 0.3 is 5.97 Å². The Balaban J connectivity index is 3.05. The molecule has 0 bridgehead atoms. The molecule has 0 aliphatic rings. The molecule has 0 radical (unpaired) electrons. The monoisotopic (exact) mass is 255 g/mol. The molecule has 1 aromatic rings. The number of rotatable bonds is 5. The van der Waals surface area contributed by atoms with Gasteiger partial charge in [-0.05, 0) is 25.0 Å². The Hall–Kier alpha value is -1.56. The van der Waals surface area contributed by atoms with Gasteiger partial charge in [-0.2, -0.15) is 0 Å². The number of thioether (sulfide) groups is 1. The third-order valence-corrected chi connectivity index (χ3v) is 3.65. The van der Waals surface area contributed by atoms with Crippen molar-refractivity contribution in [3.8, 4) is 0 Å². The highest BCUT2D eigenvalue weighted by atomic mass is 32.2. The van der Waals surface area contributed by atoms with Gasteiger partial charge in [0.1, 0.15) is 5.25 Å². The maximum atomic E-state index is 10.9. The molecule has 1 unspecified atom stereocenters. The van der Waals surface area contributed by atoms with Crippen LogP contribution in [0.25, 0.3) is 0 Å². The predicted octanol–water partition coefficient (Wildman–Crippen LogP) is 2.86. The average molecular weight is 255 g/mol. The lowest BCUT2D eigenvalue weighted by Crippen LogP contribution is -2.14. The molecule has 0 saturated heterocycles. The molecule has 1 N–H and O–H groups in total. The highest BCUT2D eigenvalue weighted by Crippen LogP contribution is 2.33. The molecule has 0 aliphatic carbocycles. The molecule has 17 heavy (non-hydrogen) atoms. The third-order valence-electron chi connectivity index (χ3n) is 2.23. The van der Waals surface area contributed by atoms with Crippen LogP contribution in [0, 0.1) is 17.0 Å². The first-order valence-corrected chi connectivity index (χ1v) is 5.98. The zero-order chi connectivity index (χ0) is 13.0. The van der Waals surface area contributed by atoms with E-state index < -0.39 is 16.1 Å². The summed E-state index contributed by atoms with van der Waals surface area (Å²) in [5.41, 5.74) is 0.749. The van der Waals surface area contributed by atoms with E-state index in [-0.39, 0.29) is 5.69 Å². The lowest BCUT2D eigenvalue weighted by Gasteiger charge is -2.09. The summed E-state index contributed by atoms with van der Waals surface area (Å²) in [6.07, 6.45) is 0.422. The van der Waals surface area contributed by atoms with Crippen LogP contribution in [-0.2, 0) is 4.79 Å². The van der Waals surface area contributed by atoms with E-state index in [2.05, 4.69) is 0 Å². The van der Waals surface area contributed by atoms with Crippen LogP contribution in [-0.4, -0.2) is 21.2 Å². The molecule has 1 atom stereocenters. The van der Waals surface area contributed by atoms with Gasteiger partial charge in [0.05, 0.1) is 9.82 Å². The van der Waals surface area contributed by atoms with E-state index in [4.69, 9.17) is 5.11 Å². The minimum Gasteiger partial charge on any atom is -0.480 e. The largest absolute Gasteiger partial charge is 0.480 e. The van der Waals surface area contributed by atoms with Crippen LogP contribution in [0.4, 0.5) is 5.69 Å². The SMILES string of the molecule is CCC(Sc1ccc(C)cc1[N+](=O)[O-])C(=O)O. The van der Waals surface area contributed by atoms with Gasteiger partial charge in [0, 0.05) is 6.07 Å². The van der Waals surface area contributed by atoms with E-state index in [1.54, 1.807) is 26.0 Å². The van der Waals surface area contributed by atoms with Gasteiger partial charge < -0.3 is 5.11 Å². The van der Waals surface area contributed by atoms with Crippen LogP contribution in [0.2, 0.25) is 0 Å². The summed E-state index contributed by atoms with van der Waals surface area (Å²) in [5.74, 6) is -0.952. The molecular weight excluding hydrogens is 242 g/mol. The smallest absolute Gasteiger partial charge is 0.316 e. The van der Waals surface area contributed by atoms with Crippen molar-refractivity contribution in [2.24, 2.45) is 0 Å². The zero-order valence-corrected chi connectivity index (χ0v) is 10.4. The van der Waals surface area contributed by atoms with Gasteiger partial charge in [-0.1, -0.05) is 13.0 Å². The number of aliphatic carboxylic acids is 1. The lowest BCUT2D eigenvalue weighted by atomic mass is 10.2. The highest BCUT2D eigenvalue weighted by Gasteiger charge is 2.22. The number of nitro benzene ring substituents is 1. The number of carbonyl (C=O) groups is 1. The van der Waals surface area contributed by atoms with Gasteiger partial charge in [0.2, 0.25) is 0 Å². The minimum absolute atomic E-state index is 0.0327. The fraction of sp³-hybridized carbons (Fsp3) is 0.364. The average Bonchev–Trinajstić information content (AvgIpc) is 2.26. The van der Waals surface area contributed by atoms with Crippen molar-refractivity contribution in [1.29, 1.82) is 0 Å². The molecule has 0 spiro atoms. The molecule has 1 rings (SSSR count). The Morgan fingerprint density at radius 2 is 2.24 bits per heavy atom. The summed E-state index contributed by atoms with van der Waals surface area (Å²) < 4.78 is 0. The van der Waals surface area contributed by atoms with Gasteiger partial charge in [-0.25, -0.2) is 0 Å². The molecule has 1 aromatic carbocycles. The number of nitro groups is 1. The van der Waals surface area contributed by atoms with Crippen molar-refractivity contribution in [3.05, 3.63) is 33.9 Å². The van der Waals surface area contributed by atoms with Crippen LogP contribution >= 0.6 is 11.8 Å². The molecule has 0 fully saturated rings. The Morgan fingerprint density at radius 1 is 1.59 bits per heavy atom. The van der Waals surface area contributed by atoms with E-state index in [0.29, 0.717) is 11.3 Å². The number of hydrogen-bond donors (Lipinski definition) is 1. The van der Waals surface area contributed by atoms with E-state index in [9.17, 15) is 14.9 Å². The Kier molecular flexibility index (Phi) is 4.51. The second kappa shape index (κ2) is 5.67. The van der Waals surface area contributed by atoms with E-state index in [1.165, 1.54) is 6.07 Å². The highest BCUT2D eigenvalue weighted by molar-refractivity contribution is 8.00. The van der Waals surface area contributed by atoms with Crippen LogP contribution < -0.4 is 0 Å². The maximum absolute atomic E-state index is 10.9. The van der Waals surface area contributed by atoms with E-state index >= 15 is 0 Å². The second-order valence-electron chi connectivity index (χ2n) is 3.58. The Bertz CT molecular complexity index is 447. The summed E-state index contributed by atoms with van der Waals surface area (Å²) in [6.45, 7) is 3.50. The van der Waals surface area contributed by atoms with Crippen LogP contribution in [0.15, 0.2) is 23.1 Å². The molecule has 6 heteroatoms. The fourth-order valence-corrected chi connectivity index (χ4v) is 2.31. The second-order valence-corrected chi connectivity index (χ2v) is 4.83. The predicted molar refractivity (Wildman–Crippen MR) is 65.4 cm³/mol. The first-order valence-electron chi connectivity index (χ1n) is 5.10. The van der Waals surface area contributed by atoms with Gasteiger partial charge in [-0.3, -0.25) is 14.9 Å². The number of carboxylic acid groups (broad SMARTS) is 1. The topological polar surface area (TPSA) is 80.4 Å². The lowest BCUT2D eigenvalue weighted by molar-refractivity contribution is -0.387. The molecule has 0 saturated carbocycles. The fourth-order valence-electron chi connectivity index (χ4n) is 1.33. The quantitative estimate of drug-likeness (QED) is 0.497. The maximum Gasteiger partial charge on any atom is 0.316 e. The van der Waals surface area contributed by atoms with Crippen molar-refractivity contribution in [3.63, 3.8) is 0 Å². The summed E-state index contributed by atoms with van der Waals surface area (Å²) in [6, 6.07) is 4.80. The first-order chi connectivity index (χ1) is 7.95. The van der Waals surface area contributed by atoms with E-state index in [0.717, 1.165) is 17.3 Å². The molecule has 5 nitrogen and oxygen atoms in total. The summed E-state index contributed by atoms with van der Waals surface area (Å²) in [5, 5.41) is 19.1. The number of benzene rings is 1. The van der Waals surface area contributed by atoms with Crippen molar-refractivity contribution in [1.82, 2.24) is 0 Å². The van der Waals surface area contributed by atoms with Gasteiger partial charge in [0.15, 0.2) is 0 Å². The first kappa shape index (κ1) is 13.5. The van der Waals surface area contributed by atoms with Crippen molar-refractivity contribution in [2.75, 3.05) is 0 Å². The Labute approximate surface area is 103 Å². The third kappa shape index (κ3) is 3.45. The summed E-state index contributed by atoms with van der Waals surface area (Å²) in [4.78, 5) is 21.7. The summed E-state index contributed by atoms with van der Waals surface area (Å²) in [7, 11) is 0. The molecule has 0 amide bonds. The van der Waals surface area contributed by atoms with Crippen LogP contribution in [0.5, 0.6) is 0 Å². The van der Waals surface area contributed by atoms with Crippen LogP contribution in [0.3, 0.4) is 0 Å². The van der Waals surface area contributed by atoms with Crippen LogP contribution in [0.1, 0.15) is 18.9 Å². The van der Waals surface area contributed by atoms with Gasteiger partial charge in [0.25, 0.3) is 5.69 Å². The number of hydrogen-bond acceptors (Lipinski definition) is 4. The van der Waals surface area contributed by atoms with Crippen molar-refractivity contribution < 1.29 is 14.8 Å². The standard InChI is InChI=1S/C11H13NO4S/c1-3-9(11(13)14)17-10-5-4-7(2)6-8(10)12(15)16/h4-6,9H,3H2,1-2H3,(H,13,14). The van der Waals surface area contributed by atoms with Gasteiger partial charge in [-0.15, -0.1) is 11.8 Å². The van der Waals surface area contributed by atoms with E-state index in [1.807, 2.05) is 0 Å². The Morgan fingerprint density at radius 3 is 2.71 bits per heavy atom. The number of carboxylic acids is 1. The molecule has 0 heterocycles. The minimum atomic E-state index is -0.952. The van der Waals surface area contributed by atoms with Crippen molar-refractivity contribution >= 4 is 23.4 Å². The number of aryl methyl sites for hydroxylation is 1. The molecule has 0 aromatic heterocycles. The number of nitrogens with zero attached hydrogens (tertiary/aromatic N) is 1. The summed E-state index contributed by atoms with van der Waals surface area (Å²) >= 11 is 1.02.